The van der Waals surface area contributed by atoms with Crippen molar-refractivity contribution in [3.8, 4) is 11.4 Å². The summed E-state index contributed by atoms with van der Waals surface area (Å²) in [5.41, 5.74) is 4.64. The lowest BCUT2D eigenvalue weighted by Crippen LogP contribution is -2.34. The van der Waals surface area contributed by atoms with Gasteiger partial charge in [0.15, 0.2) is 0 Å². The van der Waals surface area contributed by atoms with Crippen molar-refractivity contribution < 1.29 is 9.53 Å². The van der Waals surface area contributed by atoms with Crippen molar-refractivity contribution in [3.05, 3.63) is 108 Å². The van der Waals surface area contributed by atoms with Crippen LogP contribution in [0.5, 0.6) is 5.75 Å². The Labute approximate surface area is 194 Å². The van der Waals surface area contributed by atoms with Gasteiger partial charge in [0, 0.05) is 18.3 Å². The third-order valence-electron chi connectivity index (χ3n) is 5.51. The molecule has 6 nitrogen and oxygen atoms in total. The Morgan fingerprint density at radius 2 is 1.76 bits per heavy atom. The summed E-state index contributed by atoms with van der Waals surface area (Å²) in [4.78, 5) is 15.5. The summed E-state index contributed by atoms with van der Waals surface area (Å²) >= 11 is 0. The lowest BCUT2D eigenvalue weighted by atomic mass is 10.0. The number of para-hydroxylation sites is 1. The van der Waals surface area contributed by atoms with Crippen LogP contribution in [0.3, 0.4) is 0 Å². The largest absolute Gasteiger partial charge is 0.495 e. The van der Waals surface area contributed by atoms with Crippen LogP contribution in [0, 0.1) is 6.92 Å². The fourth-order valence-electron chi connectivity index (χ4n) is 3.90. The summed E-state index contributed by atoms with van der Waals surface area (Å²) < 4.78 is 7.29. The number of benzene rings is 3. The number of nitrogens with one attached hydrogen (secondary N) is 1. The van der Waals surface area contributed by atoms with Crippen LogP contribution < -0.4 is 10.1 Å². The minimum atomic E-state index is -0.489. The molecule has 0 saturated heterocycles. The second kappa shape index (κ2) is 10.1. The highest BCUT2D eigenvalue weighted by Crippen LogP contribution is 2.29. The molecule has 0 spiro atoms. The number of anilines is 1. The molecule has 1 N–H and O–H groups in total. The number of carbonyl (C=O) groups is 1. The van der Waals surface area contributed by atoms with E-state index in [1.807, 2.05) is 115 Å². The number of rotatable bonds is 8. The number of aromatic nitrogens is 2. The summed E-state index contributed by atoms with van der Waals surface area (Å²) in [7, 11) is 3.55. The normalized spacial score (nSPS) is 11.9. The van der Waals surface area contributed by atoms with Crippen LogP contribution in [-0.4, -0.2) is 34.7 Å². The van der Waals surface area contributed by atoms with Crippen molar-refractivity contribution in [1.29, 1.82) is 0 Å². The van der Waals surface area contributed by atoms with Crippen molar-refractivity contribution in [1.82, 2.24) is 14.7 Å². The van der Waals surface area contributed by atoms with Crippen LogP contribution in [0.4, 0.5) is 5.69 Å². The zero-order valence-electron chi connectivity index (χ0n) is 19.1. The highest BCUT2D eigenvalue weighted by atomic mass is 16.5. The van der Waals surface area contributed by atoms with Crippen molar-refractivity contribution in [3.63, 3.8) is 0 Å². The number of methoxy groups -OCH3 is 1. The Balaban J connectivity index is 1.58. The van der Waals surface area contributed by atoms with Crippen LogP contribution in [0.2, 0.25) is 0 Å². The van der Waals surface area contributed by atoms with Crippen LogP contribution in [0.25, 0.3) is 5.69 Å². The van der Waals surface area contributed by atoms with Gasteiger partial charge in [0.05, 0.1) is 24.7 Å². The van der Waals surface area contributed by atoms with E-state index < -0.39 is 6.04 Å². The van der Waals surface area contributed by atoms with Gasteiger partial charge in [-0.2, -0.15) is 5.10 Å². The molecule has 0 aliphatic heterocycles. The van der Waals surface area contributed by atoms with Crippen LogP contribution in [-0.2, 0) is 11.3 Å². The molecular formula is C27H28N4O2. The molecule has 1 amide bonds. The number of amides is 1. The van der Waals surface area contributed by atoms with Gasteiger partial charge in [0.1, 0.15) is 11.8 Å². The lowest BCUT2D eigenvalue weighted by Gasteiger charge is -2.27. The minimum Gasteiger partial charge on any atom is -0.495 e. The fraction of sp³-hybridized carbons (Fsp3) is 0.185. The molecule has 0 bridgehead atoms. The predicted octanol–water partition coefficient (Wildman–Crippen LogP) is 5.00. The molecule has 6 heteroatoms. The van der Waals surface area contributed by atoms with Crippen LogP contribution in [0.15, 0.2) is 91.3 Å². The van der Waals surface area contributed by atoms with E-state index in [-0.39, 0.29) is 5.91 Å². The number of hydrogen-bond acceptors (Lipinski definition) is 4. The summed E-state index contributed by atoms with van der Waals surface area (Å²) in [6.07, 6.45) is 3.84. The summed E-state index contributed by atoms with van der Waals surface area (Å²) in [6.45, 7) is 2.55. The van der Waals surface area contributed by atoms with E-state index in [9.17, 15) is 4.79 Å². The van der Waals surface area contributed by atoms with Crippen molar-refractivity contribution in [2.24, 2.45) is 0 Å². The first kappa shape index (κ1) is 22.3. The van der Waals surface area contributed by atoms with Crippen molar-refractivity contribution >= 4 is 11.6 Å². The maximum atomic E-state index is 13.5. The molecule has 4 rings (SSSR count). The zero-order chi connectivity index (χ0) is 23.2. The van der Waals surface area contributed by atoms with Gasteiger partial charge in [-0.25, -0.2) is 4.68 Å². The molecule has 168 valence electrons. The molecular weight excluding hydrogens is 412 g/mol. The van der Waals surface area contributed by atoms with Gasteiger partial charge in [-0.3, -0.25) is 9.69 Å². The quantitative estimate of drug-likeness (QED) is 0.419. The van der Waals surface area contributed by atoms with Gasteiger partial charge in [0.2, 0.25) is 5.91 Å². The highest BCUT2D eigenvalue weighted by Gasteiger charge is 2.26. The lowest BCUT2D eigenvalue weighted by molar-refractivity contribution is -0.121. The standard InChI is InChI=1S/C27H28N4O2/c1-20-14-15-25(33-3)24(16-20)29-27(32)26(22-10-6-4-7-11-22)30(2)18-21-17-28-31(19-21)23-12-8-5-9-13-23/h4-17,19,26H,18H2,1-3H3,(H,29,32). The van der Waals surface area contributed by atoms with Gasteiger partial charge < -0.3 is 10.1 Å². The number of nitrogens with zero attached hydrogens (tertiary/aromatic N) is 3. The topological polar surface area (TPSA) is 59.4 Å². The molecule has 0 radical (unpaired) electrons. The molecule has 0 aliphatic carbocycles. The highest BCUT2D eigenvalue weighted by molar-refractivity contribution is 5.96. The Hall–Kier alpha value is -3.90. The first-order chi connectivity index (χ1) is 16.0. The zero-order valence-corrected chi connectivity index (χ0v) is 19.1. The molecule has 3 aromatic carbocycles. The van der Waals surface area contributed by atoms with Crippen molar-refractivity contribution in [2.45, 2.75) is 19.5 Å². The Morgan fingerprint density at radius 1 is 1.06 bits per heavy atom. The van der Waals surface area contributed by atoms with Gasteiger partial charge in [-0.15, -0.1) is 0 Å². The van der Waals surface area contributed by atoms with Gasteiger partial charge in [-0.1, -0.05) is 54.6 Å². The van der Waals surface area contributed by atoms with Gasteiger partial charge in [0.25, 0.3) is 0 Å². The van der Waals surface area contributed by atoms with E-state index in [1.54, 1.807) is 7.11 Å². The molecule has 0 fully saturated rings. The van der Waals surface area contributed by atoms with Crippen LogP contribution in [0.1, 0.15) is 22.7 Å². The molecule has 1 atom stereocenters. The van der Waals surface area contributed by atoms with E-state index in [4.69, 9.17) is 4.74 Å². The third-order valence-corrected chi connectivity index (χ3v) is 5.51. The van der Waals surface area contributed by atoms with E-state index >= 15 is 0 Å². The van der Waals surface area contributed by atoms with Gasteiger partial charge in [-0.05, 0) is 49.4 Å². The molecule has 33 heavy (non-hydrogen) atoms. The SMILES string of the molecule is COc1ccc(C)cc1NC(=O)C(c1ccccc1)N(C)Cc1cnn(-c2ccccc2)c1. The number of ether oxygens (including phenoxy) is 1. The molecule has 1 unspecified atom stereocenters. The summed E-state index contributed by atoms with van der Waals surface area (Å²) in [5.74, 6) is 0.510. The maximum absolute atomic E-state index is 13.5. The fourth-order valence-corrected chi connectivity index (χ4v) is 3.90. The summed E-state index contributed by atoms with van der Waals surface area (Å²) in [5, 5.41) is 7.56. The van der Waals surface area contributed by atoms with Crippen molar-refractivity contribution in [2.75, 3.05) is 19.5 Å². The first-order valence-corrected chi connectivity index (χ1v) is 10.8. The molecule has 1 aromatic heterocycles. The second-order valence-electron chi connectivity index (χ2n) is 8.05. The van der Waals surface area contributed by atoms with E-state index in [0.29, 0.717) is 18.0 Å². The van der Waals surface area contributed by atoms with E-state index in [0.717, 1.165) is 22.4 Å². The van der Waals surface area contributed by atoms with Gasteiger partial charge >= 0.3 is 0 Å². The Kier molecular flexibility index (Phi) is 6.86. The minimum absolute atomic E-state index is 0.122. The number of likely N-dealkylation sites (N-methyl/N-ethyl adjacent to an activating group) is 1. The number of hydrogen-bond donors (Lipinski definition) is 1. The first-order valence-electron chi connectivity index (χ1n) is 10.8. The third kappa shape index (κ3) is 5.30. The Bertz CT molecular complexity index is 1210. The Morgan fingerprint density at radius 3 is 2.45 bits per heavy atom. The second-order valence-corrected chi connectivity index (χ2v) is 8.05. The van der Waals surface area contributed by atoms with E-state index in [1.165, 1.54) is 0 Å². The molecule has 1 heterocycles. The summed E-state index contributed by atoms with van der Waals surface area (Å²) in [6, 6.07) is 25.0. The average molecular weight is 441 g/mol. The molecule has 0 aliphatic rings. The molecule has 4 aromatic rings. The molecule has 0 saturated carbocycles. The number of carbonyl (C=O) groups excluding carboxylic acids is 1. The average Bonchev–Trinajstić information content (AvgIpc) is 3.29. The number of aryl methyl sites for hydroxylation is 1. The maximum Gasteiger partial charge on any atom is 0.246 e. The smallest absolute Gasteiger partial charge is 0.246 e. The van der Waals surface area contributed by atoms with Crippen LogP contribution >= 0.6 is 0 Å². The predicted molar refractivity (Wildman–Crippen MR) is 131 cm³/mol. The monoisotopic (exact) mass is 440 g/mol. The van der Waals surface area contributed by atoms with E-state index in [2.05, 4.69) is 10.4 Å².